The molecule has 2 amide bonds. The molecule has 9 nitrogen and oxygen atoms in total. The predicted octanol–water partition coefficient (Wildman–Crippen LogP) is 1.65. The molecule has 0 spiro atoms. The summed E-state index contributed by atoms with van der Waals surface area (Å²) in [5.74, 6) is -1.12. The number of thiol groups is 1. The van der Waals surface area contributed by atoms with Gasteiger partial charge in [-0.3, -0.25) is 19.3 Å². The topological polar surface area (TPSA) is 109 Å². The van der Waals surface area contributed by atoms with Gasteiger partial charge in [0.1, 0.15) is 11.4 Å². The van der Waals surface area contributed by atoms with Gasteiger partial charge in [0.25, 0.3) is 11.8 Å². The smallest absolute Gasteiger partial charge is 0.418 e. The Morgan fingerprint density at radius 2 is 1.69 bits per heavy atom. The van der Waals surface area contributed by atoms with E-state index < -0.39 is 40.1 Å². The first-order valence-corrected chi connectivity index (χ1v) is 10.5. The average Bonchev–Trinajstić information content (AvgIpc) is 2.77. The summed E-state index contributed by atoms with van der Waals surface area (Å²) in [6.07, 6.45) is -3.59. The third-order valence-corrected chi connectivity index (χ3v) is 5.26. The highest BCUT2D eigenvalue weighted by atomic mass is 32.2. The number of amides is 2. The lowest BCUT2D eigenvalue weighted by molar-refractivity contribution is -0.138. The molecule has 0 saturated carbocycles. The summed E-state index contributed by atoms with van der Waals surface area (Å²) < 4.78 is 68.6. The Balaban J connectivity index is 1.71. The quantitative estimate of drug-likeness (QED) is 0.641. The minimum atomic E-state index is -4.71. The lowest BCUT2D eigenvalue weighted by Gasteiger charge is -2.35. The number of methoxy groups -OCH3 is 1. The third kappa shape index (κ3) is 5.10. The first-order chi connectivity index (χ1) is 15.1. The van der Waals surface area contributed by atoms with Gasteiger partial charge >= 0.3 is 6.18 Å². The van der Waals surface area contributed by atoms with Crippen molar-refractivity contribution in [3.05, 3.63) is 53.3 Å². The number of nitrogens with one attached hydrogen (secondary N) is 1. The molecule has 1 aromatic carbocycles. The van der Waals surface area contributed by atoms with Crippen LogP contribution in [0.3, 0.4) is 0 Å². The van der Waals surface area contributed by atoms with Crippen LogP contribution in [0.1, 0.15) is 26.4 Å². The lowest BCUT2D eigenvalue weighted by Crippen LogP contribution is -2.51. The van der Waals surface area contributed by atoms with E-state index in [9.17, 15) is 31.2 Å². The van der Waals surface area contributed by atoms with E-state index in [2.05, 4.69) is 9.71 Å². The zero-order valence-electron chi connectivity index (χ0n) is 16.8. The van der Waals surface area contributed by atoms with Gasteiger partial charge in [-0.25, -0.2) is 8.42 Å². The Bertz CT molecular complexity index is 1090. The maximum atomic E-state index is 13.2. The van der Waals surface area contributed by atoms with Crippen molar-refractivity contribution in [2.75, 3.05) is 38.0 Å². The summed E-state index contributed by atoms with van der Waals surface area (Å²) in [6.45, 7) is 0.233. The molecular weight excluding hydrogens is 453 g/mol. The number of rotatable bonds is 5. The highest BCUT2D eigenvalue weighted by Crippen LogP contribution is 2.31. The second kappa shape index (κ2) is 9.42. The summed E-state index contributed by atoms with van der Waals surface area (Å²) in [5.41, 5.74) is -1.38. The van der Waals surface area contributed by atoms with E-state index in [1.54, 1.807) is 0 Å². The van der Waals surface area contributed by atoms with Crippen LogP contribution in [0.25, 0.3) is 0 Å². The summed E-state index contributed by atoms with van der Waals surface area (Å²) >= 11 is 0. The Labute approximate surface area is 182 Å². The molecule has 2 heterocycles. The minimum Gasteiger partial charge on any atom is -0.496 e. The van der Waals surface area contributed by atoms with Gasteiger partial charge in [0.15, 0.2) is 0 Å². The van der Waals surface area contributed by atoms with Crippen LogP contribution in [0, 0.1) is 0 Å². The van der Waals surface area contributed by atoms with Crippen molar-refractivity contribution in [1.29, 1.82) is 0 Å². The molecule has 0 atom stereocenters. The molecule has 1 N–H and O–H groups in total. The van der Waals surface area contributed by atoms with Crippen molar-refractivity contribution < 1.29 is 35.9 Å². The molecule has 1 aromatic heterocycles. The maximum absolute atomic E-state index is 13.2. The molecule has 13 heteroatoms. The minimum absolute atomic E-state index is 0.0249. The first-order valence-electron chi connectivity index (χ1n) is 9.31. The number of carbonyl (C=O) groups is 2. The van der Waals surface area contributed by atoms with Gasteiger partial charge in [0.2, 0.25) is 10.9 Å². The highest BCUT2D eigenvalue weighted by molar-refractivity contribution is 7.73. The molecule has 172 valence electrons. The van der Waals surface area contributed by atoms with Gasteiger partial charge < -0.3 is 14.5 Å². The van der Waals surface area contributed by atoms with Gasteiger partial charge in [-0.15, -0.1) is 0 Å². The summed E-state index contributed by atoms with van der Waals surface area (Å²) in [4.78, 5) is 31.8. The zero-order valence-corrected chi connectivity index (χ0v) is 17.7. The van der Waals surface area contributed by atoms with Crippen molar-refractivity contribution >= 4 is 28.4 Å². The molecule has 2 aromatic rings. The second-order valence-corrected chi connectivity index (χ2v) is 7.50. The summed E-state index contributed by atoms with van der Waals surface area (Å²) in [5, 5.41) is 0. The number of carbonyl (C=O) groups excluding carboxylic acids is 2. The van der Waals surface area contributed by atoms with E-state index in [1.165, 1.54) is 35.1 Å². The Morgan fingerprint density at radius 3 is 2.25 bits per heavy atom. The van der Waals surface area contributed by atoms with Crippen LogP contribution in [-0.4, -0.2) is 68.3 Å². The first kappa shape index (κ1) is 23.3. The highest BCUT2D eigenvalue weighted by Gasteiger charge is 2.38. The van der Waals surface area contributed by atoms with E-state index in [0.717, 1.165) is 18.3 Å². The van der Waals surface area contributed by atoms with E-state index in [4.69, 9.17) is 4.74 Å². The standard InChI is InChI=1S/C19H19F3N4O5S/c1-31-15-11-12(24-32(29)30)4-5-13(15)17(27)25-7-9-26(10-8-25)18(28)16-14(19(20,21)22)3-2-6-23-16/h2-6,11,32H,7-10H2,1H3,(H,24,29,30). The SMILES string of the molecule is COc1cc(N[SH](=O)=O)ccc1C(=O)N1CCN(C(=O)c2ncccc2C(F)(F)F)CC1. The molecule has 32 heavy (non-hydrogen) atoms. The number of benzene rings is 1. The molecule has 0 bridgehead atoms. The number of anilines is 1. The van der Waals surface area contributed by atoms with E-state index in [1.807, 2.05) is 0 Å². The molecular formula is C19H19F3N4O5S. The molecule has 0 radical (unpaired) electrons. The second-order valence-electron chi connectivity index (χ2n) is 6.77. The normalized spacial score (nSPS) is 14.4. The van der Waals surface area contributed by atoms with Crippen LogP contribution < -0.4 is 9.46 Å². The molecule has 3 rings (SSSR count). The monoisotopic (exact) mass is 472 g/mol. The molecule has 1 saturated heterocycles. The van der Waals surface area contributed by atoms with Crippen molar-refractivity contribution in [2.24, 2.45) is 0 Å². The average molecular weight is 472 g/mol. The van der Waals surface area contributed by atoms with Crippen LogP contribution in [0.4, 0.5) is 18.9 Å². The fraction of sp³-hybridized carbons (Fsp3) is 0.316. The van der Waals surface area contributed by atoms with Crippen LogP contribution >= 0.6 is 0 Å². The van der Waals surface area contributed by atoms with Crippen LogP contribution in [0.2, 0.25) is 0 Å². The fourth-order valence-electron chi connectivity index (χ4n) is 3.28. The van der Waals surface area contributed by atoms with Crippen LogP contribution in [0.5, 0.6) is 5.75 Å². The number of pyridine rings is 1. The maximum Gasteiger partial charge on any atom is 0.418 e. The number of alkyl halides is 3. The number of nitrogens with zero attached hydrogens (tertiary/aromatic N) is 3. The number of piperazine rings is 1. The van der Waals surface area contributed by atoms with E-state index >= 15 is 0 Å². The number of hydrogen-bond acceptors (Lipinski definition) is 6. The van der Waals surface area contributed by atoms with Crippen LogP contribution in [-0.2, 0) is 17.1 Å². The molecule has 1 aliphatic heterocycles. The molecule has 0 aliphatic carbocycles. The summed E-state index contributed by atoms with van der Waals surface area (Å²) in [7, 11) is -1.56. The molecule has 1 aliphatic rings. The summed E-state index contributed by atoms with van der Waals surface area (Å²) in [6, 6.07) is 6.08. The fourth-order valence-corrected chi connectivity index (χ4v) is 3.63. The van der Waals surface area contributed by atoms with Gasteiger partial charge in [0.05, 0.1) is 23.9 Å². The Kier molecular flexibility index (Phi) is 6.87. The van der Waals surface area contributed by atoms with Gasteiger partial charge in [-0.2, -0.15) is 13.2 Å². The Hall–Kier alpha value is -3.35. The van der Waals surface area contributed by atoms with Crippen molar-refractivity contribution in [3.63, 3.8) is 0 Å². The van der Waals surface area contributed by atoms with Gasteiger partial charge in [-0.1, -0.05) is 0 Å². The molecule has 1 fully saturated rings. The number of hydrogen-bond donors (Lipinski definition) is 2. The zero-order chi connectivity index (χ0) is 23.5. The lowest BCUT2D eigenvalue weighted by atomic mass is 10.1. The Morgan fingerprint density at radius 1 is 1.06 bits per heavy atom. The predicted molar refractivity (Wildman–Crippen MR) is 108 cm³/mol. The van der Waals surface area contributed by atoms with E-state index in [-0.39, 0.29) is 43.2 Å². The number of aromatic nitrogens is 1. The van der Waals surface area contributed by atoms with Gasteiger partial charge in [0, 0.05) is 38.4 Å². The third-order valence-electron chi connectivity index (χ3n) is 4.82. The van der Waals surface area contributed by atoms with Crippen molar-refractivity contribution in [2.45, 2.75) is 6.18 Å². The number of halogens is 3. The van der Waals surface area contributed by atoms with Crippen molar-refractivity contribution in [1.82, 2.24) is 14.8 Å². The van der Waals surface area contributed by atoms with Crippen LogP contribution in [0.15, 0.2) is 36.5 Å². The largest absolute Gasteiger partial charge is 0.496 e. The van der Waals surface area contributed by atoms with E-state index in [0.29, 0.717) is 0 Å². The van der Waals surface area contributed by atoms with Crippen molar-refractivity contribution in [3.8, 4) is 5.75 Å². The molecule has 0 unspecified atom stereocenters. The van der Waals surface area contributed by atoms with Gasteiger partial charge in [-0.05, 0) is 24.3 Å². The number of ether oxygens (including phenoxy) is 1.